The number of alkyl halides is 2. The van der Waals surface area contributed by atoms with Crippen molar-refractivity contribution >= 4 is 12.0 Å². The van der Waals surface area contributed by atoms with Crippen molar-refractivity contribution in [3.63, 3.8) is 0 Å². The van der Waals surface area contributed by atoms with Crippen LogP contribution < -0.4 is 14.8 Å². The molecule has 4 nitrogen and oxygen atoms in total. The maximum atomic E-state index is 13.5. The number of amides is 1. The van der Waals surface area contributed by atoms with Crippen LogP contribution in [0.15, 0.2) is 48.5 Å². The quantitative estimate of drug-likeness (QED) is 0.715. The van der Waals surface area contributed by atoms with Gasteiger partial charge in [0.05, 0.1) is 6.61 Å². The third-order valence-electron chi connectivity index (χ3n) is 3.32. The zero-order valence-electron chi connectivity index (χ0n) is 14.0. The molecule has 1 N–H and O–H groups in total. The van der Waals surface area contributed by atoms with E-state index in [4.69, 9.17) is 4.74 Å². The fourth-order valence-electron chi connectivity index (χ4n) is 2.14. The summed E-state index contributed by atoms with van der Waals surface area (Å²) in [7, 11) is 0. The number of rotatable bonds is 8. The minimum absolute atomic E-state index is 0.0568. The van der Waals surface area contributed by atoms with Gasteiger partial charge in [0.25, 0.3) is 0 Å². The molecule has 0 unspecified atom stereocenters. The molecule has 138 valence electrons. The van der Waals surface area contributed by atoms with E-state index in [1.54, 1.807) is 25.1 Å². The number of carbonyl (C=O) groups is 1. The number of hydrogen-bond acceptors (Lipinski definition) is 3. The van der Waals surface area contributed by atoms with Gasteiger partial charge >= 0.3 is 6.61 Å². The van der Waals surface area contributed by atoms with Crippen LogP contribution in [0.1, 0.15) is 18.1 Å². The van der Waals surface area contributed by atoms with E-state index >= 15 is 0 Å². The van der Waals surface area contributed by atoms with Gasteiger partial charge in [-0.2, -0.15) is 8.78 Å². The fraction of sp³-hybridized carbons (Fsp3) is 0.211. The molecule has 7 heteroatoms. The van der Waals surface area contributed by atoms with E-state index in [1.807, 2.05) is 0 Å². The first-order valence-electron chi connectivity index (χ1n) is 7.90. The van der Waals surface area contributed by atoms with Crippen LogP contribution in [0, 0.1) is 5.82 Å². The monoisotopic (exact) mass is 365 g/mol. The summed E-state index contributed by atoms with van der Waals surface area (Å²) in [6.07, 6.45) is 2.75. The third-order valence-corrected chi connectivity index (χ3v) is 3.32. The normalized spacial score (nSPS) is 11.0. The van der Waals surface area contributed by atoms with Crippen LogP contribution in [0.25, 0.3) is 6.08 Å². The zero-order chi connectivity index (χ0) is 18.9. The van der Waals surface area contributed by atoms with Crippen molar-refractivity contribution in [3.05, 3.63) is 65.5 Å². The molecule has 0 aliphatic carbocycles. The Morgan fingerprint density at radius 2 is 1.96 bits per heavy atom. The molecule has 0 atom stereocenters. The molecule has 0 spiro atoms. The summed E-state index contributed by atoms with van der Waals surface area (Å²) < 4.78 is 47.9. The van der Waals surface area contributed by atoms with E-state index in [0.717, 1.165) is 0 Å². The minimum atomic E-state index is -2.96. The van der Waals surface area contributed by atoms with Crippen LogP contribution in [-0.2, 0) is 11.3 Å². The fourth-order valence-corrected chi connectivity index (χ4v) is 2.14. The molecule has 0 fully saturated rings. The van der Waals surface area contributed by atoms with Gasteiger partial charge in [0, 0.05) is 18.2 Å². The van der Waals surface area contributed by atoms with Gasteiger partial charge in [-0.05, 0) is 36.8 Å². The first-order valence-corrected chi connectivity index (χ1v) is 7.90. The lowest BCUT2D eigenvalue weighted by molar-refractivity contribution is -0.116. The van der Waals surface area contributed by atoms with Gasteiger partial charge in [-0.15, -0.1) is 0 Å². The molecular formula is C19H18F3NO3. The van der Waals surface area contributed by atoms with Gasteiger partial charge < -0.3 is 14.8 Å². The summed E-state index contributed by atoms with van der Waals surface area (Å²) in [4.78, 5) is 11.8. The molecule has 0 saturated heterocycles. The van der Waals surface area contributed by atoms with E-state index < -0.39 is 18.3 Å². The molecular weight excluding hydrogens is 347 g/mol. The van der Waals surface area contributed by atoms with Crippen LogP contribution in [0.4, 0.5) is 13.2 Å². The average molecular weight is 365 g/mol. The van der Waals surface area contributed by atoms with Gasteiger partial charge in [-0.3, -0.25) is 4.79 Å². The number of benzene rings is 2. The summed E-state index contributed by atoms with van der Waals surface area (Å²) in [5.41, 5.74) is 0.942. The van der Waals surface area contributed by atoms with Crippen LogP contribution in [0.2, 0.25) is 0 Å². The summed E-state index contributed by atoms with van der Waals surface area (Å²) >= 11 is 0. The number of hydrogen-bond donors (Lipinski definition) is 1. The zero-order valence-corrected chi connectivity index (χ0v) is 14.0. The Balaban J connectivity index is 2.01. The highest BCUT2D eigenvalue weighted by atomic mass is 19.3. The molecule has 0 heterocycles. The Kier molecular flexibility index (Phi) is 7.08. The second-order valence-electron chi connectivity index (χ2n) is 5.16. The Bertz CT molecular complexity index is 778. The lowest BCUT2D eigenvalue weighted by Gasteiger charge is -2.11. The molecule has 0 radical (unpaired) electrons. The third kappa shape index (κ3) is 5.84. The lowest BCUT2D eigenvalue weighted by atomic mass is 10.2. The second kappa shape index (κ2) is 9.50. The number of nitrogens with one attached hydrogen (secondary N) is 1. The van der Waals surface area contributed by atoms with E-state index in [9.17, 15) is 18.0 Å². The second-order valence-corrected chi connectivity index (χ2v) is 5.16. The molecule has 2 aromatic rings. The van der Waals surface area contributed by atoms with Gasteiger partial charge in [0.15, 0.2) is 11.5 Å². The molecule has 0 aliphatic heterocycles. The Morgan fingerprint density at radius 1 is 1.19 bits per heavy atom. The van der Waals surface area contributed by atoms with Gasteiger partial charge in [-0.1, -0.05) is 24.3 Å². The molecule has 0 bridgehead atoms. The topological polar surface area (TPSA) is 47.6 Å². The van der Waals surface area contributed by atoms with E-state index in [1.165, 1.54) is 36.4 Å². The first kappa shape index (κ1) is 19.4. The van der Waals surface area contributed by atoms with Crippen molar-refractivity contribution in [2.24, 2.45) is 0 Å². The Hall–Kier alpha value is -2.96. The first-order chi connectivity index (χ1) is 12.5. The van der Waals surface area contributed by atoms with Crippen LogP contribution in [-0.4, -0.2) is 19.1 Å². The van der Waals surface area contributed by atoms with E-state index in [-0.39, 0.29) is 24.7 Å². The van der Waals surface area contributed by atoms with Crippen molar-refractivity contribution in [2.75, 3.05) is 6.61 Å². The van der Waals surface area contributed by atoms with E-state index in [0.29, 0.717) is 11.1 Å². The van der Waals surface area contributed by atoms with Crippen molar-refractivity contribution in [2.45, 2.75) is 20.1 Å². The van der Waals surface area contributed by atoms with Gasteiger partial charge in [0.2, 0.25) is 5.91 Å². The highest BCUT2D eigenvalue weighted by Crippen LogP contribution is 2.30. The molecule has 26 heavy (non-hydrogen) atoms. The maximum absolute atomic E-state index is 13.5. The largest absolute Gasteiger partial charge is 0.490 e. The highest BCUT2D eigenvalue weighted by molar-refractivity contribution is 5.91. The summed E-state index contributed by atoms with van der Waals surface area (Å²) in [6, 6.07) is 10.5. The highest BCUT2D eigenvalue weighted by Gasteiger charge is 2.11. The molecule has 0 saturated carbocycles. The lowest BCUT2D eigenvalue weighted by Crippen LogP contribution is -2.20. The molecule has 2 rings (SSSR count). The summed E-state index contributed by atoms with van der Waals surface area (Å²) in [5.74, 6) is -0.739. The van der Waals surface area contributed by atoms with Crippen molar-refractivity contribution in [3.8, 4) is 11.5 Å². The minimum Gasteiger partial charge on any atom is -0.490 e. The SMILES string of the molecule is CCOc1cc(/C=C/C(=O)NCc2ccccc2F)ccc1OC(F)F. The molecule has 2 aromatic carbocycles. The number of ether oxygens (including phenoxy) is 2. The molecule has 1 amide bonds. The van der Waals surface area contributed by atoms with Crippen molar-refractivity contribution in [1.82, 2.24) is 5.32 Å². The predicted octanol–water partition coefficient (Wildman–Crippen LogP) is 4.16. The Morgan fingerprint density at radius 3 is 2.65 bits per heavy atom. The Labute approximate surface area is 149 Å². The summed E-state index contributed by atoms with van der Waals surface area (Å²) in [5, 5.41) is 2.57. The average Bonchev–Trinajstić information content (AvgIpc) is 2.61. The van der Waals surface area contributed by atoms with Gasteiger partial charge in [-0.25, -0.2) is 4.39 Å². The van der Waals surface area contributed by atoms with E-state index in [2.05, 4.69) is 10.1 Å². The predicted molar refractivity (Wildman–Crippen MR) is 91.5 cm³/mol. The van der Waals surface area contributed by atoms with Crippen molar-refractivity contribution in [1.29, 1.82) is 0 Å². The maximum Gasteiger partial charge on any atom is 0.387 e. The van der Waals surface area contributed by atoms with Crippen molar-refractivity contribution < 1.29 is 27.4 Å². The van der Waals surface area contributed by atoms with Crippen LogP contribution in [0.5, 0.6) is 11.5 Å². The standard InChI is InChI=1S/C19H18F3NO3/c1-2-25-17-11-13(7-9-16(17)26-19(21)22)8-10-18(24)23-12-14-5-3-4-6-15(14)20/h3-11,19H,2,12H2,1H3,(H,23,24)/b10-8+. The summed E-state index contributed by atoms with van der Waals surface area (Å²) in [6.45, 7) is -0.915. The van der Waals surface area contributed by atoms with Crippen LogP contribution in [0.3, 0.4) is 0 Å². The smallest absolute Gasteiger partial charge is 0.387 e. The number of carbonyl (C=O) groups excluding carboxylic acids is 1. The molecule has 0 aliphatic rings. The van der Waals surface area contributed by atoms with Crippen LogP contribution >= 0.6 is 0 Å². The molecule has 0 aromatic heterocycles. The van der Waals surface area contributed by atoms with Gasteiger partial charge in [0.1, 0.15) is 5.82 Å². The number of halogens is 3.